The first-order chi connectivity index (χ1) is 12.4. The molecule has 10 nitrogen and oxygen atoms in total. The largest absolute Gasteiger partial charge is 0.346 e. The van der Waals surface area contributed by atoms with Crippen molar-refractivity contribution in [1.29, 1.82) is 0 Å². The summed E-state index contributed by atoms with van der Waals surface area (Å²) in [4.78, 5) is 24.6. The minimum Gasteiger partial charge on any atom is -0.346 e. The second kappa shape index (κ2) is 7.40. The molecule has 0 bridgehead atoms. The molecule has 0 unspecified atom stereocenters. The van der Waals surface area contributed by atoms with Crippen molar-refractivity contribution in [2.24, 2.45) is 14.1 Å². The van der Waals surface area contributed by atoms with Gasteiger partial charge in [0.15, 0.2) is 0 Å². The lowest BCUT2D eigenvalue weighted by atomic mass is 10.3. The van der Waals surface area contributed by atoms with Gasteiger partial charge in [-0.3, -0.25) is 23.6 Å². The van der Waals surface area contributed by atoms with Gasteiger partial charge in [0.25, 0.3) is 5.91 Å². The third-order valence-electron chi connectivity index (χ3n) is 3.55. The van der Waals surface area contributed by atoms with Crippen LogP contribution in [0.2, 0.25) is 5.02 Å². The molecule has 3 aromatic rings. The topological polar surface area (TPSA) is 112 Å². The van der Waals surface area contributed by atoms with Crippen molar-refractivity contribution in [3.8, 4) is 0 Å². The van der Waals surface area contributed by atoms with E-state index in [0.717, 1.165) is 5.56 Å². The van der Waals surface area contributed by atoms with Crippen LogP contribution in [0.3, 0.4) is 0 Å². The Morgan fingerprint density at radius 2 is 1.92 bits per heavy atom. The van der Waals surface area contributed by atoms with Crippen LogP contribution in [-0.4, -0.2) is 41.2 Å². The van der Waals surface area contributed by atoms with E-state index in [-0.39, 0.29) is 24.1 Å². The molecular formula is C15H17ClN8O2. The summed E-state index contributed by atoms with van der Waals surface area (Å²) in [5, 5.41) is 17.9. The summed E-state index contributed by atoms with van der Waals surface area (Å²) in [6.45, 7) is 0.287. The first-order valence-corrected chi connectivity index (χ1v) is 8.05. The van der Waals surface area contributed by atoms with Crippen LogP contribution in [0, 0.1) is 0 Å². The predicted octanol–water partition coefficient (Wildman–Crippen LogP) is 0.572. The van der Waals surface area contributed by atoms with Crippen molar-refractivity contribution in [3.63, 3.8) is 0 Å². The molecule has 136 valence electrons. The van der Waals surface area contributed by atoms with E-state index in [4.69, 9.17) is 11.6 Å². The van der Waals surface area contributed by atoms with Gasteiger partial charge in [-0.2, -0.15) is 15.3 Å². The monoisotopic (exact) mass is 376 g/mol. The predicted molar refractivity (Wildman–Crippen MR) is 93.5 cm³/mol. The number of nitrogens with zero attached hydrogens (tertiary/aromatic N) is 6. The average molecular weight is 377 g/mol. The lowest BCUT2D eigenvalue weighted by Gasteiger charge is -2.08. The maximum atomic E-state index is 12.5. The molecule has 0 aliphatic carbocycles. The summed E-state index contributed by atoms with van der Waals surface area (Å²) in [5.74, 6) is -0.703. The summed E-state index contributed by atoms with van der Waals surface area (Å²) in [5.41, 5.74) is 1.43. The van der Waals surface area contributed by atoms with Crippen molar-refractivity contribution < 1.29 is 9.59 Å². The Balaban J connectivity index is 1.65. The normalized spacial score (nSPS) is 10.7. The number of hydrogen-bond donors (Lipinski definition) is 2. The Morgan fingerprint density at radius 3 is 2.58 bits per heavy atom. The lowest BCUT2D eigenvalue weighted by molar-refractivity contribution is -0.116. The summed E-state index contributed by atoms with van der Waals surface area (Å²) in [6.07, 6.45) is 7.87. The minimum atomic E-state index is -0.355. The Hall–Kier alpha value is -3.14. The molecule has 0 aromatic carbocycles. The number of nitrogens with one attached hydrogen (secondary N) is 2. The molecule has 0 aliphatic heterocycles. The van der Waals surface area contributed by atoms with E-state index in [1.165, 1.54) is 28.0 Å². The fourth-order valence-electron chi connectivity index (χ4n) is 2.39. The highest BCUT2D eigenvalue weighted by atomic mass is 35.5. The van der Waals surface area contributed by atoms with Crippen LogP contribution in [0.25, 0.3) is 0 Å². The van der Waals surface area contributed by atoms with E-state index < -0.39 is 0 Å². The number of aromatic nitrogens is 6. The molecule has 26 heavy (non-hydrogen) atoms. The Kier molecular flexibility index (Phi) is 5.03. The van der Waals surface area contributed by atoms with Crippen LogP contribution >= 0.6 is 11.6 Å². The Labute approximate surface area is 153 Å². The van der Waals surface area contributed by atoms with E-state index in [1.54, 1.807) is 31.2 Å². The fraction of sp³-hybridized carbons (Fsp3) is 0.267. The smallest absolute Gasteiger partial charge is 0.271 e. The van der Waals surface area contributed by atoms with Gasteiger partial charge < -0.3 is 10.6 Å². The van der Waals surface area contributed by atoms with Crippen LogP contribution in [-0.2, 0) is 32.0 Å². The first-order valence-electron chi connectivity index (χ1n) is 7.68. The summed E-state index contributed by atoms with van der Waals surface area (Å²) in [7, 11) is 3.43. The van der Waals surface area contributed by atoms with Crippen molar-refractivity contribution in [2.45, 2.75) is 13.1 Å². The summed E-state index contributed by atoms with van der Waals surface area (Å²) in [6, 6.07) is 0. The molecule has 2 N–H and O–H groups in total. The highest BCUT2D eigenvalue weighted by molar-refractivity contribution is 6.30. The highest BCUT2D eigenvalue weighted by Gasteiger charge is 2.19. The molecule has 3 heterocycles. The van der Waals surface area contributed by atoms with Gasteiger partial charge in [0.1, 0.15) is 12.2 Å². The number of halogens is 1. The van der Waals surface area contributed by atoms with E-state index in [9.17, 15) is 9.59 Å². The zero-order chi connectivity index (χ0) is 18.7. The van der Waals surface area contributed by atoms with Crippen molar-refractivity contribution in [3.05, 3.63) is 47.3 Å². The fourth-order valence-corrected chi connectivity index (χ4v) is 2.55. The number of rotatable bonds is 6. The maximum absolute atomic E-state index is 12.5. The molecule has 0 atom stereocenters. The number of hydrogen-bond acceptors (Lipinski definition) is 5. The van der Waals surface area contributed by atoms with Crippen molar-refractivity contribution in [2.75, 3.05) is 5.32 Å². The van der Waals surface area contributed by atoms with Crippen molar-refractivity contribution >= 4 is 29.1 Å². The van der Waals surface area contributed by atoms with Gasteiger partial charge >= 0.3 is 0 Å². The number of anilines is 1. The molecule has 0 radical (unpaired) electrons. The Morgan fingerprint density at radius 1 is 1.12 bits per heavy atom. The standard InChI is InChI=1S/C15H17ClN8O2/c1-22-7-10(4-18-22)3-17-15(26)14-12(6-19-23(14)2)21-13(25)9-24-8-11(16)5-20-24/h4-8H,3,9H2,1-2H3,(H,17,26)(H,21,25). The maximum Gasteiger partial charge on any atom is 0.271 e. The summed E-state index contributed by atoms with van der Waals surface area (Å²) < 4.78 is 4.45. The number of amides is 2. The van der Waals surface area contributed by atoms with E-state index >= 15 is 0 Å². The van der Waals surface area contributed by atoms with Crippen LogP contribution in [0.4, 0.5) is 5.69 Å². The molecule has 3 rings (SSSR count). The van der Waals surface area contributed by atoms with Gasteiger partial charge in [-0.1, -0.05) is 11.6 Å². The molecule has 0 spiro atoms. The molecule has 0 fully saturated rings. The van der Waals surface area contributed by atoms with Gasteiger partial charge in [0, 0.05) is 38.6 Å². The van der Waals surface area contributed by atoms with Gasteiger partial charge in [0.05, 0.1) is 29.3 Å². The molecule has 0 saturated carbocycles. The third kappa shape index (κ3) is 4.09. The third-order valence-corrected chi connectivity index (χ3v) is 3.74. The molecular weight excluding hydrogens is 360 g/mol. The number of carbonyl (C=O) groups excluding carboxylic acids is 2. The zero-order valence-electron chi connectivity index (χ0n) is 14.2. The Bertz CT molecular complexity index is 941. The van der Waals surface area contributed by atoms with Crippen LogP contribution in [0.1, 0.15) is 16.1 Å². The van der Waals surface area contributed by atoms with Gasteiger partial charge in [-0.05, 0) is 0 Å². The summed E-state index contributed by atoms with van der Waals surface area (Å²) >= 11 is 5.77. The highest BCUT2D eigenvalue weighted by Crippen LogP contribution is 2.14. The quantitative estimate of drug-likeness (QED) is 0.653. The van der Waals surface area contributed by atoms with Gasteiger partial charge in [-0.25, -0.2) is 0 Å². The molecule has 0 saturated heterocycles. The SMILES string of the molecule is Cn1cc(CNC(=O)c2c(NC(=O)Cn3cc(Cl)cn3)cnn2C)cn1. The van der Waals surface area contributed by atoms with Gasteiger partial charge in [-0.15, -0.1) is 0 Å². The number of aryl methyl sites for hydroxylation is 2. The van der Waals surface area contributed by atoms with E-state index in [0.29, 0.717) is 17.3 Å². The molecule has 0 aliphatic rings. The number of carbonyl (C=O) groups is 2. The van der Waals surface area contributed by atoms with Gasteiger partial charge in [0.2, 0.25) is 5.91 Å². The van der Waals surface area contributed by atoms with E-state index in [2.05, 4.69) is 25.9 Å². The second-order valence-electron chi connectivity index (χ2n) is 5.64. The lowest BCUT2D eigenvalue weighted by Crippen LogP contribution is -2.27. The van der Waals surface area contributed by atoms with E-state index in [1.807, 2.05) is 0 Å². The minimum absolute atomic E-state index is 0.0294. The van der Waals surface area contributed by atoms with Crippen molar-refractivity contribution in [1.82, 2.24) is 34.7 Å². The second-order valence-corrected chi connectivity index (χ2v) is 6.08. The molecule has 11 heteroatoms. The zero-order valence-corrected chi connectivity index (χ0v) is 14.9. The van der Waals surface area contributed by atoms with Crippen LogP contribution in [0.5, 0.6) is 0 Å². The van der Waals surface area contributed by atoms with Crippen LogP contribution in [0.15, 0.2) is 31.0 Å². The molecule has 3 aromatic heterocycles. The first kappa shape index (κ1) is 17.7. The van der Waals surface area contributed by atoms with Crippen LogP contribution < -0.4 is 10.6 Å². The average Bonchev–Trinajstić information content (AvgIpc) is 3.27. The molecule has 2 amide bonds.